The van der Waals surface area contributed by atoms with Gasteiger partial charge in [0.25, 0.3) is 0 Å². The van der Waals surface area contributed by atoms with Gasteiger partial charge in [0, 0.05) is 4.83 Å². The van der Waals surface area contributed by atoms with Gasteiger partial charge in [-0.3, -0.25) is 0 Å². The molecule has 0 spiro atoms. The maximum absolute atomic E-state index is 13.5. The molecule has 0 amide bonds. The SMILES string of the molecule is Fc1cccc(CCC(Br)c2ccccc2)c1F. The summed E-state index contributed by atoms with van der Waals surface area (Å²) < 4.78 is 26.5. The van der Waals surface area contributed by atoms with Crippen molar-refractivity contribution in [2.75, 3.05) is 0 Å². The van der Waals surface area contributed by atoms with Crippen LogP contribution in [0.15, 0.2) is 48.5 Å². The molecule has 0 aliphatic heterocycles. The highest BCUT2D eigenvalue weighted by molar-refractivity contribution is 9.09. The van der Waals surface area contributed by atoms with E-state index in [4.69, 9.17) is 0 Å². The summed E-state index contributed by atoms with van der Waals surface area (Å²) in [6.45, 7) is 0. The molecular weight excluding hydrogens is 298 g/mol. The van der Waals surface area contributed by atoms with E-state index < -0.39 is 11.6 Å². The summed E-state index contributed by atoms with van der Waals surface area (Å²) in [5.74, 6) is -1.51. The minimum absolute atomic E-state index is 0.154. The fraction of sp³-hybridized carbons (Fsp3) is 0.200. The lowest BCUT2D eigenvalue weighted by molar-refractivity contribution is 0.497. The first kappa shape index (κ1) is 13.2. The van der Waals surface area contributed by atoms with Crippen molar-refractivity contribution in [2.45, 2.75) is 17.7 Å². The largest absolute Gasteiger partial charge is 0.204 e. The Kier molecular flexibility index (Phi) is 4.48. The third-order valence-electron chi connectivity index (χ3n) is 2.86. The van der Waals surface area contributed by atoms with Gasteiger partial charge in [0.15, 0.2) is 11.6 Å². The average molecular weight is 311 g/mol. The Morgan fingerprint density at radius 3 is 2.39 bits per heavy atom. The standard InChI is InChI=1S/C15H13BrF2/c16-13(11-5-2-1-3-6-11)10-9-12-7-4-8-14(17)15(12)18/h1-8,13H,9-10H2. The smallest absolute Gasteiger partial charge is 0.162 e. The van der Waals surface area contributed by atoms with Crippen molar-refractivity contribution in [2.24, 2.45) is 0 Å². The second kappa shape index (κ2) is 6.10. The molecule has 1 atom stereocenters. The first-order valence-electron chi connectivity index (χ1n) is 5.80. The molecule has 1 unspecified atom stereocenters. The van der Waals surface area contributed by atoms with E-state index in [9.17, 15) is 8.78 Å². The summed E-state index contributed by atoms with van der Waals surface area (Å²) in [5, 5.41) is 0. The van der Waals surface area contributed by atoms with E-state index in [2.05, 4.69) is 15.9 Å². The van der Waals surface area contributed by atoms with Gasteiger partial charge in [-0.2, -0.15) is 0 Å². The molecule has 2 aromatic rings. The highest BCUT2D eigenvalue weighted by Gasteiger charge is 2.11. The average Bonchev–Trinajstić information content (AvgIpc) is 2.41. The summed E-state index contributed by atoms with van der Waals surface area (Å²) in [4.78, 5) is 0.154. The van der Waals surface area contributed by atoms with Crippen LogP contribution in [0.2, 0.25) is 0 Å². The van der Waals surface area contributed by atoms with Gasteiger partial charge >= 0.3 is 0 Å². The number of hydrogen-bond acceptors (Lipinski definition) is 0. The highest BCUT2D eigenvalue weighted by atomic mass is 79.9. The van der Waals surface area contributed by atoms with Gasteiger partial charge in [-0.25, -0.2) is 8.78 Å². The second-order valence-corrected chi connectivity index (χ2v) is 5.24. The lowest BCUT2D eigenvalue weighted by Crippen LogP contribution is -1.97. The van der Waals surface area contributed by atoms with Crippen LogP contribution in [0.3, 0.4) is 0 Å². The first-order valence-corrected chi connectivity index (χ1v) is 6.72. The van der Waals surface area contributed by atoms with Gasteiger partial charge in [0.2, 0.25) is 0 Å². The van der Waals surface area contributed by atoms with Crippen molar-refractivity contribution >= 4 is 15.9 Å². The number of rotatable bonds is 4. The molecule has 18 heavy (non-hydrogen) atoms. The Morgan fingerprint density at radius 2 is 1.67 bits per heavy atom. The van der Waals surface area contributed by atoms with Crippen molar-refractivity contribution in [3.8, 4) is 0 Å². The number of halogens is 3. The van der Waals surface area contributed by atoms with E-state index in [1.165, 1.54) is 0 Å². The summed E-state index contributed by atoms with van der Waals surface area (Å²) in [7, 11) is 0. The summed E-state index contributed by atoms with van der Waals surface area (Å²) in [6.07, 6.45) is 1.23. The van der Waals surface area contributed by atoms with Gasteiger partial charge in [-0.15, -0.1) is 0 Å². The van der Waals surface area contributed by atoms with Crippen LogP contribution in [0.1, 0.15) is 22.4 Å². The molecule has 0 N–H and O–H groups in total. The van der Waals surface area contributed by atoms with Gasteiger partial charge in [0.1, 0.15) is 0 Å². The van der Waals surface area contributed by atoms with E-state index >= 15 is 0 Å². The predicted molar refractivity (Wildman–Crippen MR) is 72.8 cm³/mol. The number of benzene rings is 2. The zero-order valence-electron chi connectivity index (χ0n) is 9.74. The van der Waals surface area contributed by atoms with Gasteiger partial charge < -0.3 is 0 Å². The molecule has 0 heterocycles. The fourth-order valence-corrected chi connectivity index (χ4v) is 2.39. The molecule has 0 aromatic heterocycles. The van der Waals surface area contributed by atoms with Crippen molar-refractivity contribution in [1.29, 1.82) is 0 Å². The minimum atomic E-state index is -0.779. The second-order valence-electron chi connectivity index (χ2n) is 4.13. The van der Waals surface area contributed by atoms with Crippen LogP contribution < -0.4 is 0 Å². The Hall–Kier alpha value is -1.22. The molecule has 0 nitrogen and oxygen atoms in total. The van der Waals surface area contributed by atoms with Crippen LogP contribution >= 0.6 is 15.9 Å². The maximum atomic E-state index is 13.5. The Bertz CT molecular complexity index is 511. The number of alkyl halides is 1. The van der Waals surface area contributed by atoms with Crippen LogP contribution in [-0.4, -0.2) is 0 Å². The maximum Gasteiger partial charge on any atom is 0.162 e. The molecule has 2 rings (SSSR count). The van der Waals surface area contributed by atoms with E-state index in [1.54, 1.807) is 12.1 Å². The Labute approximate surface area is 114 Å². The predicted octanol–water partition coefficient (Wildman–Crippen LogP) is 5.03. The van der Waals surface area contributed by atoms with Crippen molar-refractivity contribution in [1.82, 2.24) is 0 Å². The number of aryl methyl sites for hydroxylation is 1. The first-order chi connectivity index (χ1) is 8.68. The molecule has 0 aliphatic rings. The van der Waals surface area contributed by atoms with E-state index in [1.807, 2.05) is 30.3 Å². The van der Waals surface area contributed by atoms with Crippen LogP contribution in [0, 0.1) is 11.6 Å². The third kappa shape index (κ3) is 3.16. The van der Waals surface area contributed by atoms with E-state index in [-0.39, 0.29) is 4.83 Å². The van der Waals surface area contributed by atoms with Crippen LogP contribution in [-0.2, 0) is 6.42 Å². The fourth-order valence-electron chi connectivity index (χ4n) is 1.85. The zero-order valence-corrected chi connectivity index (χ0v) is 11.3. The van der Waals surface area contributed by atoms with Gasteiger partial charge in [0.05, 0.1) is 0 Å². The summed E-state index contributed by atoms with van der Waals surface area (Å²) in [5.41, 5.74) is 1.57. The molecule has 0 saturated carbocycles. The molecule has 0 bridgehead atoms. The molecule has 0 aliphatic carbocycles. The molecule has 0 fully saturated rings. The molecule has 94 valence electrons. The Morgan fingerprint density at radius 1 is 0.944 bits per heavy atom. The topological polar surface area (TPSA) is 0 Å². The molecular formula is C15H13BrF2. The van der Waals surface area contributed by atoms with Gasteiger partial charge in [-0.1, -0.05) is 58.4 Å². The van der Waals surface area contributed by atoms with Crippen molar-refractivity contribution in [3.63, 3.8) is 0 Å². The lowest BCUT2D eigenvalue weighted by atomic mass is 10.0. The third-order valence-corrected chi connectivity index (χ3v) is 3.85. The van der Waals surface area contributed by atoms with Crippen LogP contribution in [0.25, 0.3) is 0 Å². The monoisotopic (exact) mass is 310 g/mol. The molecule has 0 radical (unpaired) electrons. The Balaban J connectivity index is 2.02. The molecule has 3 heteroatoms. The minimum Gasteiger partial charge on any atom is -0.204 e. The van der Waals surface area contributed by atoms with E-state index in [0.717, 1.165) is 18.1 Å². The zero-order chi connectivity index (χ0) is 13.0. The van der Waals surface area contributed by atoms with Gasteiger partial charge in [-0.05, 0) is 30.0 Å². The lowest BCUT2D eigenvalue weighted by Gasteiger charge is -2.10. The number of hydrogen-bond donors (Lipinski definition) is 0. The van der Waals surface area contributed by atoms with Crippen molar-refractivity contribution in [3.05, 3.63) is 71.3 Å². The quantitative estimate of drug-likeness (QED) is 0.694. The van der Waals surface area contributed by atoms with Crippen LogP contribution in [0.4, 0.5) is 8.78 Å². The van der Waals surface area contributed by atoms with Crippen LogP contribution in [0.5, 0.6) is 0 Å². The summed E-state index contributed by atoms with van der Waals surface area (Å²) in [6, 6.07) is 14.2. The molecule has 0 saturated heterocycles. The summed E-state index contributed by atoms with van der Waals surface area (Å²) >= 11 is 3.57. The molecule has 2 aromatic carbocycles. The van der Waals surface area contributed by atoms with E-state index in [0.29, 0.717) is 12.0 Å². The highest BCUT2D eigenvalue weighted by Crippen LogP contribution is 2.28. The normalized spacial score (nSPS) is 12.4. The van der Waals surface area contributed by atoms with Crippen molar-refractivity contribution < 1.29 is 8.78 Å².